The summed E-state index contributed by atoms with van der Waals surface area (Å²) >= 11 is 0. The van der Waals surface area contributed by atoms with E-state index in [0.717, 1.165) is 12.3 Å². The molecule has 1 aromatic rings. The van der Waals surface area contributed by atoms with Crippen LogP contribution in [0.5, 0.6) is 0 Å². The van der Waals surface area contributed by atoms with E-state index < -0.39 is 41.7 Å². The number of hydrogen-bond acceptors (Lipinski definition) is 3. The highest BCUT2D eigenvalue weighted by Gasteiger charge is 2.91. The number of pyridine rings is 1. The zero-order chi connectivity index (χ0) is 23.8. The number of nitrogens with zero attached hydrogens (tertiary/aromatic N) is 2. The van der Waals surface area contributed by atoms with Crippen LogP contribution in [0.4, 0.5) is 57.1 Å². The third-order valence-corrected chi connectivity index (χ3v) is 3.27. The van der Waals surface area contributed by atoms with Crippen LogP contribution in [0.15, 0.2) is 29.5 Å². The Balaban J connectivity index is 3.24. The fraction of sp³-hybridized carbons (Fsp3) is 0.462. The Morgan fingerprint density at radius 2 is 1.30 bits per heavy atom. The molecule has 1 aromatic heterocycles. The first kappa shape index (κ1) is 25.4. The number of nitrogens with one attached hydrogen (secondary N) is 1. The first-order valence-electron chi connectivity index (χ1n) is 6.95. The minimum Gasteiger partial charge on any atom is -0.266 e. The number of rotatable bonds is 7. The largest absolute Gasteiger partial charge is 0.460 e. The molecule has 1 rings (SSSR count). The Kier molecular flexibility index (Phi) is 6.41. The Bertz CT molecular complexity index is 789. The lowest BCUT2D eigenvalue weighted by atomic mass is 9.93. The summed E-state index contributed by atoms with van der Waals surface area (Å²) in [6, 6.07) is 3.72. The van der Waals surface area contributed by atoms with E-state index in [0.29, 0.717) is 11.6 Å². The fourth-order valence-corrected chi connectivity index (χ4v) is 1.59. The van der Waals surface area contributed by atoms with Crippen LogP contribution in [0.1, 0.15) is 5.69 Å². The van der Waals surface area contributed by atoms with Crippen molar-refractivity contribution in [3.8, 4) is 0 Å². The van der Waals surface area contributed by atoms with Crippen molar-refractivity contribution in [1.29, 1.82) is 0 Å². The summed E-state index contributed by atoms with van der Waals surface area (Å²) < 4.78 is 167. The van der Waals surface area contributed by atoms with Crippen molar-refractivity contribution >= 4 is 12.1 Å². The predicted octanol–water partition coefficient (Wildman–Crippen LogP) is 4.27. The SMILES string of the molecule is O=C(NN=Cc1ccccn1)C(F)(F)C(F)(F)C(F)(F)C(F)(F)C(F)(F)C(F)(F)F. The van der Waals surface area contributed by atoms with E-state index in [4.69, 9.17) is 0 Å². The zero-order valence-electron chi connectivity index (χ0n) is 13.6. The minimum atomic E-state index is -8.08. The van der Waals surface area contributed by atoms with E-state index in [1.165, 1.54) is 12.1 Å². The van der Waals surface area contributed by atoms with Gasteiger partial charge >= 0.3 is 41.7 Å². The zero-order valence-corrected chi connectivity index (χ0v) is 13.6. The van der Waals surface area contributed by atoms with Gasteiger partial charge in [-0.3, -0.25) is 9.78 Å². The number of aromatic nitrogens is 1. The summed E-state index contributed by atoms with van der Waals surface area (Å²) in [6.45, 7) is 0. The van der Waals surface area contributed by atoms with E-state index in [1.807, 2.05) is 0 Å². The molecule has 4 nitrogen and oxygen atoms in total. The quantitative estimate of drug-likeness (QED) is 0.370. The number of hydrazone groups is 1. The maximum atomic E-state index is 13.4. The van der Waals surface area contributed by atoms with Crippen LogP contribution in [0, 0.1) is 0 Å². The number of carbonyl (C=O) groups excluding carboxylic acids is 1. The third-order valence-electron chi connectivity index (χ3n) is 3.27. The second-order valence-electron chi connectivity index (χ2n) is 5.32. The fourth-order valence-electron chi connectivity index (χ4n) is 1.59. The predicted molar refractivity (Wildman–Crippen MR) is 70.8 cm³/mol. The van der Waals surface area contributed by atoms with E-state index in [-0.39, 0.29) is 5.69 Å². The van der Waals surface area contributed by atoms with Crippen LogP contribution in [0.2, 0.25) is 0 Å². The van der Waals surface area contributed by atoms with Crippen molar-refractivity contribution in [2.75, 3.05) is 0 Å². The van der Waals surface area contributed by atoms with Gasteiger partial charge < -0.3 is 0 Å². The topological polar surface area (TPSA) is 54.4 Å². The molecule has 1 N–H and O–H groups in total. The summed E-state index contributed by atoms with van der Waals surface area (Å²) in [5.74, 6) is -42.1. The standard InChI is InChI=1S/C13H6F13N3O/c14-8(15,7(30)29-28-5-6-3-1-2-4-27-6)9(16,17)10(18,19)11(20,21)12(22,23)13(24,25)26/h1-5H,(H,29,30). The molecule has 0 aliphatic rings. The molecule has 0 spiro atoms. The summed E-state index contributed by atoms with van der Waals surface area (Å²) in [5, 5.41) is 2.59. The van der Waals surface area contributed by atoms with Crippen LogP contribution < -0.4 is 5.43 Å². The Morgan fingerprint density at radius 3 is 1.73 bits per heavy atom. The molecule has 17 heteroatoms. The second kappa shape index (κ2) is 7.57. The maximum absolute atomic E-state index is 13.4. The van der Waals surface area contributed by atoms with Crippen molar-refractivity contribution in [2.24, 2.45) is 5.10 Å². The molecule has 1 amide bonds. The molecule has 0 saturated heterocycles. The average Bonchev–Trinajstić information content (AvgIpc) is 2.60. The molecular weight excluding hydrogens is 461 g/mol. The van der Waals surface area contributed by atoms with Crippen LogP contribution >= 0.6 is 0 Å². The number of amides is 1. The minimum absolute atomic E-state index is 0.213. The average molecular weight is 467 g/mol. The van der Waals surface area contributed by atoms with Crippen LogP contribution in [-0.4, -0.2) is 52.9 Å². The van der Waals surface area contributed by atoms with E-state index >= 15 is 0 Å². The summed E-state index contributed by atoms with van der Waals surface area (Å²) in [6.07, 6.45) is -6.04. The van der Waals surface area contributed by atoms with Crippen molar-refractivity contribution < 1.29 is 61.9 Å². The smallest absolute Gasteiger partial charge is 0.266 e. The molecule has 0 aromatic carbocycles. The van der Waals surface area contributed by atoms with Crippen molar-refractivity contribution in [3.05, 3.63) is 30.1 Å². The molecule has 0 fully saturated rings. The Hall–Kier alpha value is -2.62. The van der Waals surface area contributed by atoms with Crippen molar-refractivity contribution in [3.63, 3.8) is 0 Å². The van der Waals surface area contributed by atoms with Gasteiger partial charge in [0.05, 0.1) is 11.9 Å². The molecule has 0 bridgehead atoms. The summed E-state index contributed by atoms with van der Waals surface area (Å²) in [7, 11) is 0. The highest BCUT2D eigenvalue weighted by Crippen LogP contribution is 2.60. The highest BCUT2D eigenvalue weighted by molar-refractivity contribution is 5.86. The maximum Gasteiger partial charge on any atom is 0.460 e. The van der Waals surface area contributed by atoms with Gasteiger partial charge in [-0.1, -0.05) is 6.07 Å². The van der Waals surface area contributed by atoms with Crippen LogP contribution in [0.25, 0.3) is 0 Å². The normalized spacial score (nSPS) is 14.8. The molecule has 170 valence electrons. The first-order chi connectivity index (χ1) is 13.2. The van der Waals surface area contributed by atoms with Gasteiger partial charge in [-0.25, -0.2) is 5.43 Å². The van der Waals surface area contributed by atoms with Gasteiger partial charge in [-0.05, 0) is 12.1 Å². The van der Waals surface area contributed by atoms with Gasteiger partial charge in [0.15, 0.2) is 0 Å². The summed E-state index contributed by atoms with van der Waals surface area (Å²) in [4.78, 5) is 14.5. The van der Waals surface area contributed by atoms with Gasteiger partial charge in [0.25, 0.3) is 0 Å². The number of alkyl halides is 13. The molecule has 0 atom stereocenters. The van der Waals surface area contributed by atoms with E-state index in [2.05, 4.69) is 10.1 Å². The number of carbonyl (C=O) groups is 1. The lowest BCUT2D eigenvalue weighted by Crippen LogP contribution is -2.71. The Morgan fingerprint density at radius 1 is 0.800 bits per heavy atom. The number of hydrogen-bond donors (Lipinski definition) is 1. The summed E-state index contributed by atoms with van der Waals surface area (Å²) in [5.41, 5.74) is 0.329. The molecule has 0 radical (unpaired) electrons. The van der Waals surface area contributed by atoms with Crippen LogP contribution in [0.3, 0.4) is 0 Å². The number of halogens is 13. The van der Waals surface area contributed by atoms with E-state index in [1.54, 1.807) is 0 Å². The second-order valence-corrected chi connectivity index (χ2v) is 5.32. The molecule has 0 aliphatic heterocycles. The van der Waals surface area contributed by atoms with Gasteiger partial charge in [-0.2, -0.15) is 62.2 Å². The third kappa shape index (κ3) is 3.88. The monoisotopic (exact) mass is 467 g/mol. The lowest BCUT2D eigenvalue weighted by molar-refractivity contribution is -0.436. The van der Waals surface area contributed by atoms with Gasteiger partial charge in [0, 0.05) is 6.20 Å². The van der Waals surface area contributed by atoms with E-state index in [9.17, 15) is 61.9 Å². The van der Waals surface area contributed by atoms with Crippen molar-refractivity contribution in [2.45, 2.75) is 35.8 Å². The van der Waals surface area contributed by atoms with Crippen molar-refractivity contribution in [1.82, 2.24) is 10.4 Å². The lowest BCUT2D eigenvalue weighted by Gasteiger charge is -2.38. The molecule has 0 saturated carbocycles. The molecule has 30 heavy (non-hydrogen) atoms. The first-order valence-corrected chi connectivity index (χ1v) is 6.95. The Labute approximate surface area is 156 Å². The van der Waals surface area contributed by atoms with Gasteiger partial charge in [0.1, 0.15) is 0 Å². The molecule has 1 heterocycles. The van der Waals surface area contributed by atoms with Crippen LogP contribution in [-0.2, 0) is 4.79 Å². The molecular formula is C13H6F13N3O. The molecule has 0 aliphatic carbocycles. The van der Waals surface area contributed by atoms with Gasteiger partial charge in [-0.15, -0.1) is 0 Å². The highest BCUT2D eigenvalue weighted by atomic mass is 19.4. The van der Waals surface area contributed by atoms with Gasteiger partial charge in [0.2, 0.25) is 0 Å². The molecule has 0 unspecified atom stereocenters.